The van der Waals surface area contributed by atoms with Crippen LogP contribution in [0.15, 0.2) is 47.4 Å². The van der Waals surface area contributed by atoms with E-state index in [0.717, 1.165) is 10.8 Å². The standard InChI is InChI=1S/C18H21N3O5S2/c22-16(10-20-18(23)24)21-17(15-8-13(27)9-19-15)28(25,26)14-6-5-11-3-1-2-4-12(11)7-14/h1-7,13,15,17,19-20,27H,8-10H2,(H,21,22)(H,23,24). The molecule has 0 aromatic heterocycles. The maximum atomic E-state index is 13.3. The van der Waals surface area contributed by atoms with Crippen LogP contribution < -0.4 is 16.0 Å². The molecular formula is C18H21N3O5S2. The van der Waals surface area contributed by atoms with Crippen molar-refractivity contribution in [1.82, 2.24) is 16.0 Å². The number of fused-ring (bicyclic) bond motifs is 1. The van der Waals surface area contributed by atoms with E-state index in [1.807, 2.05) is 29.6 Å². The Morgan fingerprint density at radius 3 is 2.57 bits per heavy atom. The molecule has 1 fully saturated rings. The molecule has 0 spiro atoms. The van der Waals surface area contributed by atoms with E-state index in [2.05, 4.69) is 23.3 Å². The van der Waals surface area contributed by atoms with E-state index < -0.39 is 39.8 Å². The summed E-state index contributed by atoms with van der Waals surface area (Å²) in [5.41, 5.74) is 0. The number of hydrogen-bond donors (Lipinski definition) is 5. The molecule has 10 heteroatoms. The van der Waals surface area contributed by atoms with Gasteiger partial charge in [0, 0.05) is 17.8 Å². The minimum atomic E-state index is -3.94. The molecule has 0 aliphatic carbocycles. The SMILES string of the molecule is O=C(O)NCC(=O)NC(C1CC(S)CN1)S(=O)(=O)c1ccc2ccccc2c1. The molecule has 0 radical (unpaired) electrons. The summed E-state index contributed by atoms with van der Waals surface area (Å²) < 4.78 is 26.7. The molecule has 0 bridgehead atoms. The largest absolute Gasteiger partial charge is 0.465 e. The molecule has 2 amide bonds. The number of carbonyl (C=O) groups excluding carboxylic acids is 1. The molecular weight excluding hydrogens is 402 g/mol. The highest BCUT2D eigenvalue weighted by Crippen LogP contribution is 2.26. The molecule has 2 aromatic carbocycles. The zero-order valence-electron chi connectivity index (χ0n) is 14.8. The van der Waals surface area contributed by atoms with Crippen LogP contribution in [0, 0.1) is 0 Å². The fourth-order valence-electron chi connectivity index (χ4n) is 3.23. The zero-order valence-corrected chi connectivity index (χ0v) is 16.5. The Morgan fingerprint density at radius 1 is 1.21 bits per heavy atom. The van der Waals surface area contributed by atoms with Crippen LogP contribution in [0.3, 0.4) is 0 Å². The van der Waals surface area contributed by atoms with Gasteiger partial charge in [-0.2, -0.15) is 12.6 Å². The smallest absolute Gasteiger partial charge is 0.405 e. The monoisotopic (exact) mass is 423 g/mol. The Hall–Kier alpha value is -2.30. The predicted molar refractivity (Wildman–Crippen MR) is 108 cm³/mol. The number of rotatable bonds is 6. The van der Waals surface area contributed by atoms with Crippen molar-refractivity contribution < 1.29 is 23.1 Å². The van der Waals surface area contributed by atoms with Crippen LogP contribution >= 0.6 is 12.6 Å². The first-order valence-corrected chi connectivity index (χ1v) is 10.7. The highest BCUT2D eigenvalue weighted by atomic mass is 32.2. The predicted octanol–water partition coefficient (Wildman–Crippen LogP) is 0.984. The lowest BCUT2D eigenvalue weighted by molar-refractivity contribution is -0.120. The van der Waals surface area contributed by atoms with Gasteiger partial charge in [0.05, 0.1) is 4.90 Å². The summed E-state index contributed by atoms with van der Waals surface area (Å²) in [6.45, 7) is -0.0170. The second kappa shape index (κ2) is 8.38. The molecule has 3 unspecified atom stereocenters. The second-order valence-electron chi connectivity index (χ2n) is 6.61. The van der Waals surface area contributed by atoms with Crippen molar-refractivity contribution in [2.45, 2.75) is 28.0 Å². The van der Waals surface area contributed by atoms with Gasteiger partial charge in [0.1, 0.15) is 6.54 Å². The summed E-state index contributed by atoms with van der Waals surface area (Å²) in [5.74, 6) is -0.721. The van der Waals surface area contributed by atoms with Crippen molar-refractivity contribution in [2.75, 3.05) is 13.1 Å². The summed E-state index contributed by atoms with van der Waals surface area (Å²) in [7, 11) is -3.94. The average Bonchev–Trinajstić information content (AvgIpc) is 3.09. The van der Waals surface area contributed by atoms with Crippen molar-refractivity contribution in [3.8, 4) is 0 Å². The topological polar surface area (TPSA) is 125 Å². The van der Waals surface area contributed by atoms with Gasteiger partial charge in [-0.05, 0) is 29.3 Å². The highest BCUT2D eigenvalue weighted by Gasteiger charge is 2.39. The van der Waals surface area contributed by atoms with Gasteiger partial charge < -0.3 is 21.1 Å². The third-order valence-electron chi connectivity index (χ3n) is 4.59. The first-order valence-electron chi connectivity index (χ1n) is 8.67. The van der Waals surface area contributed by atoms with Crippen LogP contribution in [0.5, 0.6) is 0 Å². The molecule has 1 aliphatic heterocycles. The summed E-state index contributed by atoms with van der Waals surface area (Å²) in [4.78, 5) is 22.8. The lowest BCUT2D eigenvalue weighted by atomic mass is 10.1. The molecule has 8 nitrogen and oxygen atoms in total. The minimum Gasteiger partial charge on any atom is -0.465 e. The summed E-state index contributed by atoms with van der Waals surface area (Å²) in [6.07, 6.45) is -0.911. The summed E-state index contributed by atoms with van der Waals surface area (Å²) in [5, 5.41) is 16.5. The van der Waals surface area contributed by atoms with Crippen LogP contribution in [0.25, 0.3) is 10.8 Å². The quantitative estimate of drug-likeness (QED) is 0.441. The Bertz CT molecular complexity index is 996. The van der Waals surface area contributed by atoms with Gasteiger partial charge in [-0.15, -0.1) is 0 Å². The molecule has 1 heterocycles. The van der Waals surface area contributed by atoms with Crippen molar-refractivity contribution in [1.29, 1.82) is 0 Å². The maximum absolute atomic E-state index is 13.3. The van der Waals surface area contributed by atoms with E-state index in [-0.39, 0.29) is 10.1 Å². The van der Waals surface area contributed by atoms with Crippen LogP contribution in [-0.2, 0) is 14.6 Å². The molecule has 1 aliphatic rings. The van der Waals surface area contributed by atoms with E-state index in [0.29, 0.717) is 13.0 Å². The van der Waals surface area contributed by atoms with Gasteiger partial charge in [0.2, 0.25) is 15.7 Å². The third-order valence-corrected chi connectivity index (χ3v) is 7.01. The van der Waals surface area contributed by atoms with Gasteiger partial charge in [0.15, 0.2) is 5.37 Å². The Balaban J connectivity index is 1.92. The van der Waals surface area contributed by atoms with Crippen LogP contribution in [0.2, 0.25) is 0 Å². The number of nitrogens with one attached hydrogen (secondary N) is 3. The Kier molecular flexibility index (Phi) is 6.11. The molecule has 3 rings (SSSR count). The number of carbonyl (C=O) groups is 2. The second-order valence-corrected chi connectivity index (χ2v) is 9.40. The zero-order chi connectivity index (χ0) is 20.3. The molecule has 1 saturated heterocycles. The number of benzene rings is 2. The third kappa shape index (κ3) is 4.57. The van der Waals surface area contributed by atoms with Crippen molar-refractivity contribution in [3.63, 3.8) is 0 Å². The average molecular weight is 424 g/mol. The van der Waals surface area contributed by atoms with Gasteiger partial charge in [0.25, 0.3) is 0 Å². The summed E-state index contributed by atoms with van der Waals surface area (Å²) in [6, 6.07) is 11.7. The van der Waals surface area contributed by atoms with Crippen molar-refractivity contribution in [2.24, 2.45) is 0 Å². The van der Waals surface area contributed by atoms with Crippen LogP contribution in [0.1, 0.15) is 6.42 Å². The summed E-state index contributed by atoms with van der Waals surface area (Å²) >= 11 is 4.38. The molecule has 4 N–H and O–H groups in total. The fraction of sp³-hybridized carbons (Fsp3) is 0.333. The molecule has 0 saturated carbocycles. The van der Waals surface area contributed by atoms with E-state index in [9.17, 15) is 18.0 Å². The van der Waals surface area contributed by atoms with Crippen molar-refractivity contribution in [3.05, 3.63) is 42.5 Å². The normalized spacial score (nSPS) is 20.6. The number of amides is 2. The molecule has 28 heavy (non-hydrogen) atoms. The first-order chi connectivity index (χ1) is 13.3. The van der Waals surface area contributed by atoms with Gasteiger partial charge in [-0.25, -0.2) is 13.2 Å². The molecule has 2 aromatic rings. The van der Waals surface area contributed by atoms with Gasteiger partial charge in [-0.1, -0.05) is 30.3 Å². The number of carboxylic acid groups (broad SMARTS) is 1. The Morgan fingerprint density at radius 2 is 1.93 bits per heavy atom. The Labute approximate surface area is 168 Å². The maximum Gasteiger partial charge on any atom is 0.405 e. The molecule has 3 atom stereocenters. The fourth-order valence-corrected chi connectivity index (χ4v) is 5.33. The van der Waals surface area contributed by atoms with Gasteiger partial charge in [-0.3, -0.25) is 4.79 Å². The van der Waals surface area contributed by atoms with Gasteiger partial charge >= 0.3 is 6.09 Å². The number of thiol groups is 1. The highest BCUT2D eigenvalue weighted by molar-refractivity contribution is 7.92. The lowest BCUT2D eigenvalue weighted by Gasteiger charge is -2.25. The van der Waals surface area contributed by atoms with E-state index in [1.54, 1.807) is 12.1 Å². The van der Waals surface area contributed by atoms with E-state index in [1.165, 1.54) is 6.07 Å². The molecule has 150 valence electrons. The lowest BCUT2D eigenvalue weighted by Crippen LogP contribution is -2.53. The van der Waals surface area contributed by atoms with Crippen molar-refractivity contribution >= 4 is 45.2 Å². The number of hydrogen-bond acceptors (Lipinski definition) is 6. The van der Waals surface area contributed by atoms with Crippen LogP contribution in [0.4, 0.5) is 4.79 Å². The number of sulfone groups is 1. The van der Waals surface area contributed by atoms with E-state index in [4.69, 9.17) is 5.11 Å². The first kappa shape index (κ1) is 20.4. The van der Waals surface area contributed by atoms with E-state index >= 15 is 0 Å². The minimum absolute atomic E-state index is 0.0339. The van der Waals surface area contributed by atoms with Crippen LogP contribution in [-0.4, -0.2) is 55.3 Å².